The quantitative estimate of drug-likeness (QED) is 0.577. The summed E-state index contributed by atoms with van der Waals surface area (Å²) >= 11 is 0. The molecule has 4 N–H and O–H groups in total. The standard InChI is InChI=1S/C7H12N4O/c1-5(12)9-3-2-6-4-10-7(8)11-6/h4H,2-3H2,1H3,(H,9,12)(H3,8,10,11). The zero-order chi connectivity index (χ0) is 8.97. The number of H-pyrrole nitrogens is 1. The molecule has 0 fully saturated rings. The molecular formula is C7H12N4O. The summed E-state index contributed by atoms with van der Waals surface area (Å²) in [5.74, 6) is 0.385. The van der Waals surface area contributed by atoms with Gasteiger partial charge in [-0.25, -0.2) is 4.98 Å². The lowest BCUT2D eigenvalue weighted by atomic mass is 10.3. The largest absolute Gasteiger partial charge is 0.369 e. The third kappa shape index (κ3) is 2.61. The van der Waals surface area contributed by atoms with Crippen molar-refractivity contribution in [3.8, 4) is 0 Å². The molecule has 0 aliphatic carbocycles. The van der Waals surface area contributed by atoms with Crippen molar-refractivity contribution in [2.45, 2.75) is 13.3 Å². The van der Waals surface area contributed by atoms with E-state index in [0.29, 0.717) is 12.5 Å². The minimum atomic E-state index is -0.0255. The lowest BCUT2D eigenvalue weighted by Crippen LogP contribution is -2.22. The highest BCUT2D eigenvalue weighted by Crippen LogP contribution is 1.97. The van der Waals surface area contributed by atoms with Gasteiger partial charge in [0.15, 0.2) is 5.95 Å². The third-order valence-corrected chi connectivity index (χ3v) is 1.42. The molecule has 0 saturated carbocycles. The highest BCUT2D eigenvalue weighted by atomic mass is 16.1. The average molecular weight is 168 g/mol. The van der Waals surface area contributed by atoms with E-state index >= 15 is 0 Å². The number of rotatable bonds is 3. The van der Waals surface area contributed by atoms with Crippen molar-refractivity contribution in [1.82, 2.24) is 15.3 Å². The van der Waals surface area contributed by atoms with Gasteiger partial charge in [0.2, 0.25) is 5.91 Å². The molecule has 0 aliphatic rings. The first kappa shape index (κ1) is 8.58. The number of carbonyl (C=O) groups is 1. The van der Waals surface area contributed by atoms with Crippen LogP contribution in [-0.4, -0.2) is 22.4 Å². The van der Waals surface area contributed by atoms with E-state index in [0.717, 1.165) is 12.1 Å². The summed E-state index contributed by atoms with van der Waals surface area (Å²) < 4.78 is 0. The van der Waals surface area contributed by atoms with E-state index in [2.05, 4.69) is 15.3 Å². The first-order chi connectivity index (χ1) is 5.68. The summed E-state index contributed by atoms with van der Waals surface area (Å²) in [5, 5.41) is 2.68. The first-order valence-corrected chi connectivity index (χ1v) is 3.72. The zero-order valence-electron chi connectivity index (χ0n) is 6.92. The number of nitrogens with one attached hydrogen (secondary N) is 2. The van der Waals surface area contributed by atoms with Crippen LogP contribution in [0, 0.1) is 0 Å². The van der Waals surface area contributed by atoms with Gasteiger partial charge in [0.1, 0.15) is 0 Å². The second kappa shape index (κ2) is 3.75. The maximum absolute atomic E-state index is 10.5. The van der Waals surface area contributed by atoms with Crippen LogP contribution in [0.2, 0.25) is 0 Å². The summed E-state index contributed by atoms with van der Waals surface area (Å²) in [6, 6.07) is 0. The third-order valence-electron chi connectivity index (χ3n) is 1.42. The Balaban J connectivity index is 2.29. The Hall–Kier alpha value is -1.52. The number of hydrogen-bond donors (Lipinski definition) is 3. The minimum Gasteiger partial charge on any atom is -0.369 e. The number of anilines is 1. The maximum atomic E-state index is 10.5. The van der Waals surface area contributed by atoms with Crippen LogP contribution < -0.4 is 11.1 Å². The van der Waals surface area contributed by atoms with Crippen LogP contribution in [0.4, 0.5) is 5.95 Å². The molecule has 0 saturated heterocycles. The molecular weight excluding hydrogens is 156 g/mol. The fourth-order valence-corrected chi connectivity index (χ4v) is 0.877. The fraction of sp³-hybridized carbons (Fsp3) is 0.429. The number of imidazole rings is 1. The Morgan fingerprint density at radius 3 is 3.08 bits per heavy atom. The van der Waals surface area contributed by atoms with Crippen LogP contribution >= 0.6 is 0 Å². The van der Waals surface area contributed by atoms with Gasteiger partial charge in [0, 0.05) is 25.6 Å². The van der Waals surface area contributed by atoms with E-state index in [4.69, 9.17) is 5.73 Å². The molecule has 0 unspecified atom stereocenters. The van der Waals surface area contributed by atoms with E-state index < -0.39 is 0 Å². The Morgan fingerprint density at radius 1 is 1.83 bits per heavy atom. The normalized spacial score (nSPS) is 9.75. The average Bonchev–Trinajstić information content (AvgIpc) is 2.35. The number of hydrogen-bond acceptors (Lipinski definition) is 3. The number of nitrogens with zero attached hydrogens (tertiary/aromatic N) is 1. The molecule has 0 aliphatic heterocycles. The molecule has 5 nitrogen and oxygen atoms in total. The first-order valence-electron chi connectivity index (χ1n) is 3.72. The fourth-order valence-electron chi connectivity index (χ4n) is 0.877. The molecule has 0 radical (unpaired) electrons. The van der Waals surface area contributed by atoms with Gasteiger partial charge in [-0.2, -0.15) is 0 Å². The van der Waals surface area contributed by atoms with Gasteiger partial charge in [-0.05, 0) is 0 Å². The molecule has 1 heterocycles. The Labute approximate surface area is 70.4 Å². The molecule has 1 aromatic heterocycles. The molecule has 1 amide bonds. The van der Waals surface area contributed by atoms with E-state index in [1.54, 1.807) is 6.20 Å². The molecule has 12 heavy (non-hydrogen) atoms. The minimum absolute atomic E-state index is 0.0255. The van der Waals surface area contributed by atoms with Crippen molar-refractivity contribution in [2.75, 3.05) is 12.3 Å². The predicted octanol–water partition coefficient (Wildman–Crippen LogP) is -0.330. The summed E-state index contributed by atoms with van der Waals surface area (Å²) in [7, 11) is 0. The van der Waals surface area contributed by atoms with Crippen molar-refractivity contribution < 1.29 is 4.79 Å². The zero-order valence-corrected chi connectivity index (χ0v) is 6.92. The van der Waals surface area contributed by atoms with Crippen molar-refractivity contribution in [2.24, 2.45) is 0 Å². The molecule has 0 aromatic carbocycles. The van der Waals surface area contributed by atoms with Gasteiger partial charge >= 0.3 is 0 Å². The highest BCUT2D eigenvalue weighted by molar-refractivity contribution is 5.72. The molecule has 0 atom stereocenters. The lowest BCUT2D eigenvalue weighted by molar-refractivity contribution is -0.118. The summed E-state index contributed by atoms with van der Waals surface area (Å²) in [6.07, 6.45) is 2.39. The Morgan fingerprint density at radius 2 is 2.58 bits per heavy atom. The molecule has 1 aromatic rings. The van der Waals surface area contributed by atoms with Crippen LogP contribution in [0.5, 0.6) is 0 Å². The molecule has 0 spiro atoms. The molecule has 66 valence electrons. The molecule has 0 bridgehead atoms. The lowest BCUT2D eigenvalue weighted by Gasteiger charge is -1.98. The van der Waals surface area contributed by atoms with Gasteiger partial charge in [-0.15, -0.1) is 0 Å². The van der Waals surface area contributed by atoms with E-state index in [9.17, 15) is 4.79 Å². The van der Waals surface area contributed by atoms with Crippen LogP contribution in [0.15, 0.2) is 6.20 Å². The van der Waals surface area contributed by atoms with Crippen molar-refractivity contribution >= 4 is 11.9 Å². The monoisotopic (exact) mass is 168 g/mol. The Kier molecular flexibility index (Phi) is 2.68. The van der Waals surface area contributed by atoms with E-state index in [1.165, 1.54) is 6.92 Å². The second-order valence-corrected chi connectivity index (χ2v) is 2.53. The molecule has 1 rings (SSSR count). The van der Waals surface area contributed by atoms with Crippen LogP contribution in [0.25, 0.3) is 0 Å². The van der Waals surface area contributed by atoms with Gasteiger partial charge in [-0.1, -0.05) is 0 Å². The van der Waals surface area contributed by atoms with Crippen molar-refractivity contribution in [3.05, 3.63) is 11.9 Å². The van der Waals surface area contributed by atoms with Gasteiger partial charge < -0.3 is 16.0 Å². The summed E-state index contributed by atoms with van der Waals surface area (Å²) in [4.78, 5) is 17.2. The SMILES string of the molecule is CC(=O)NCCc1cnc(N)[nH]1. The number of nitrogens with two attached hydrogens (primary N) is 1. The summed E-state index contributed by atoms with van der Waals surface area (Å²) in [6.45, 7) is 2.10. The Bertz CT molecular complexity index is 268. The van der Waals surface area contributed by atoms with Crippen molar-refractivity contribution in [3.63, 3.8) is 0 Å². The van der Waals surface area contributed by atoms with Gasteiger partial charge in [-0.3, -0.25) is 4.79 Å². The maximum Gasteiger partial charge on any atom is 0.216 e. The number of nitrogen functional groups attached to an aromatic ring is 1. The molecule has 5 heteroatoms. The number of carbonyl (C=O) groups excluding carboxylic acids is 1. The topological polar surface area (TPSA) is 83.8 Å². The smallest absolute Gasteiger partial charge is 0.216 e. The van der Waals surface area contributed by atoms with Crippen molar-refractivity contribution in [1.29, 1.82) is 0 Å². The van der Waals surface area contributed by atoms with Crippen LogP contribution in [-0.2, 0) is 11.2 Å². The van der Waals surface area contributed by atoms with E-state index in [-0.39, 0.29) is 5.91 Å². The predicted molar refractivity (Wildman–Crippen MR) is 45.4 cm³/mol. The van der Waals surface area contributed by atoms with Crippen LogP contribution in [0.3, 0.4) is 0 Å². The van der Waals surface area contributed by atoms with Gasteiger partial charge in [0.05, 0.1) is 6.20 Å². The second-order valence-electron chi connectivity index (χ2n) is 2.53. The van der Waals surface area contributed by atoms with E-state index in [1.807, 2.05) is 0 Å². The summed E-state index contributed by atoms with van der Waals surface area (Å²) in [5.41, 5.74) is 6.29. The number of aromatic amines is 1. The number of amides is 1. The van der Waals surface area contributed by atoms with Crippen LogP contribution in [0.1, 0.15) is 12.6 Å². The highest BCUT2D eigenvalue weighted by Gasteiger charge is 1.96. The number of aromatic nitrogens is 2. The van der Waals surface area contributed by atoms with Gasteiger partial charge in [0.25, 0.3) is 0 Å².